The first-order chi connectivity index (χ1) is 15.2. The van der Waals surface area contributed by atoms with Gasteiger partial charge in [-0.3, -0.25) is 0 Å². The van der Waals surface area contributed by atoms with E-state index in [9.17, 15) is 0 Å². The van der Waals surface area contributed by atoms with E-state index in [0.29, 0.717) is 30.9 Å². The van der Waals surface area contributed by atoms with E-state index in [1.54, 1.807) is 10.9 Å². The quantitative estimate of drug-likeness (QED) is 0.541. The van der Waals surface area contributed by atoms with Crippen molar-refractivity contribution in [3.63, 3.8) is 0 Å². The van der Waals surface area contributed by atoms with Crippen LogP contribution in [0, 0.1) is 13.8 Å². The summed E-state index contributed by atoms with van der Waals surface area (Å²) in [6, 6.07) is 3.83. The summed E-state index contributed by atoms with van der Waals surface area (Å²) < 4.78 is 15.8. The Morgan fingerprint density at radius 1 is 1.19 bits per heavy atom. The molecule has 4 aromatic heterocycles. The van der Waals surface area contributed by atoms with Crippen molar-refractivity contribution in [2.75, 3.05) is 11.9 Å². The minimum Gasteiger partial charge on any atom is -0.475 e. The Morgan fingerprint density at radius 3 is 2.97 bits per heavy atom. The van der Waals surface area contributed by atoms with Crippen molar-refractivity contribution >= 4 is 22.7 Å². The van der Waals surface area contributed by atoms with E-state index in [2.05, 4.69) is 20.4 Å². The molecule has 158 valence electrons. The molecular formula is C21H22N8O2. The molecule has 1 saturated carbocycles. The molecule has 0 amide bonds. The Morgan fingerprint density at radius 2 is 2.10 bits per heavy atom. The standard InChI is InChI=1S/C21H22N8O2/c1-12-15-11-23-21-24-17-13(2)29(16-5-3-8-22-19(16)31-14-6-7-14)27-20(17)30-10-4-9-28(26-12)18(15)25-21/h3,5,8,11,14H,4,6-7,9-10H2,1-2H3,(H,23,24,25). The van der Waals surface area contributed by atoms with Crippen LogP contribution in [-0.2, 0) is 6.54 Å². The Bertz CT molecular complexity index is 1290. The van der Waals surface area contributed by atoms with E-state index in [-0.39, 0.29) is 6.10 Å². The van der Waals surface area contributed by atoms with Crippen LogP contribution in [0.25, 0.3) is 16.7 Å². The van der Waals surface area contributed by atoms with Crippen LogP contribution in [0.3, 0.4) is 0 Å². The van der Waals surface area contributed by atoms with Crippen LogP contribution in [0.4, 0.5) is 11.6 Å². The minimum atomic E-state index is 0.240. The van der Waals surface area contributed by atoms with Gasteiger partial charge in [-0.1, -0.05) is 0 Å². The van der Waals surface area contributed by atoms with E-state index in [4.69, 9.17) is 19.6 Å². The predicted molar refractivity (Wildman–Crippen MR) is 113 cm³/mol. The van der Waals surface area contributed by atoms with Gasteiger partial charge in [0, 0.05) is 25.4 Å². The summed E-state index contributed by atoms with van der Waals surface area (Å²) in [5, 5.41) is 13.6. The van der Waals surface area contributed by atoms with E-state index >= 15 is 0 Å². The van der Waals surface area contributed by atoms with Crippen LogP contribution < -0.4 is 14.8 Å². The van der Waals surface area contributed by atoms with Gasteiger partial charge in [-0.05, 0) is 38.8 Å². The Balaban J connectivity index is 1.45. The third-order valence-corrected chi connectivity index (χ3v) is 5.53. The average Bonchev–Trinajstić information content (AvgIpc) is 3.47. The highest BCUT2D eigenvalue weighted by Crippen LogP contribution is 2.35. The average molecular weight is 418 g/mol. The van der Waals surface area contributed by atoms with E-state index in [1.165, 1.54) is 0 Å². The Labute approximate surface area is 178 Å². The van der Waals surface area contributed by atoms with Gasteiger partial charge in [-0.2, -0.15) is 10.1 Å². The van der Waals surface area contributed by atoms with Gasteiger partial charge in [0.1, 0.15) is 17.5 Å². The van der Waals surface area contributed by atoms with Gasteiger partial charge >= 0.3 is 0 Å². The lowest BCUT2D eigenvalue weighted by molar-refractivity contribution is 0.284. The molecule has 0 radical (unpaired) electrons. The predicted octanol–water partition coefficient (Wildman–Crippen LogP) is 3.09. The van der Waals surface area contributed by atoms with Crippen molar-refractivity contribution in [3.05, 3.63) is 35.9 Å². The topological polar surface area (TPSA) is 105 Å². The number of nitrogens with one attached hydrogen (secondary N) is 1. The van der Waals surface area contributed by atoms with Crippen LogP contribution in [0.2, 0.25) is 0 Å². The first-order valence-electron chi connectivity index (χ1n) is 10.5. The third kappa shape index (κ3) is 3.15. The molecule has 10 heteroatoms. The number of fused-ring (bicyclic) bond motifs is 2. The molecule has 1 aliphatic heterocycles. The number of nitrogens with zero attached hydrogens (tertiary/aromatic N) is 7. The maximum Gasteiger partial charge on any atom is 0.257 e. The summed E-state index contributed by atoms with van der Waals surface area (Å²) >= 11 is 0. The van der Waals surface area contributed by atoms with Gasteiger partial charge in [0.15, 0.2) is 5.65 Å². The largest absolute Gasteiger partial charge is 0.475 e. The first kappa shape index (κ1) is 18.1. The van der Waals surface area contributed by atoms with Gasteiger partial charge in [0.25, 0.3) is 5.88 Å². The van der Waals surface area contributed by atoms with Gasteiger partial charge in [0.2, 0.25) is 11.8 Å². The molecule has 2 aliphatic rings. The highest BCUT2D eigenvalue weighted by Gasteiger charge is 2.27. The van der Waals surface area contributed by atoms with Crippen molar-refractivity contribution in [2.45, 2.75) is 45.8 Å². The normalized spacial score (nSPS) is 15.8. The van der Waals surface area contributed by atoms with E-state index in [0.717, 1.165) is 53.1 Å². The number of aromatic nitrogens is 7. The zero-order chi connectivity index (χ0) is 20.9. The molecule has 0 saturated heterocycles. The molecule has 2 bridgehead atoms. The third-order valence-electron chi connectivity index (χ3n) is 5.53. The number of ether oxygens (including phenoxy) is 2. The molecule has 0 spiro atoms. The molecule has 10 nitrogen and oxygen atoms in total. The van der Waals surface area contributed by atoms with Gasteiger partial charge in [-0.25, -0.2) is 19.3 Å². The second-order valence-corrected chi connectivity index (χ2v) is 7.89. The van der Waals surface area contributed by atoms with E-state index in [1.807, 2.05) is 36.9 Å². The van der Waals surface area contributed by atoms with Crippen LogP contribution >= 0.6 is 0 Å². The summed E-state index contributed by atoms with van der Waals surface area (Å²) in [7, 11) is 0. The molecule has 1 fully saturated rings. The number of anilines is 2. The van der Waals surface area contributed by atoms with Gasteiger partial charge in [0.05, 0.1) is 23.4 Å². The molecule has 0 aromatic carbocycles. The summed E-state index contributed by atoms with van der Waals surface area (Å²) in [6.07, 6.45) is 6.69. The highest BCUT2D eigenvalue weighted by atomic mass is 16.5. The SMILES string of the molecule is Cc1nn2c3nc(ncc13)Nc1c(nn(-c3cccnc3OC3CC3)c1C)OCCC2. The lowest BCUT2D eigenvalue weighted by Crippen LogP contribution is -2.08. The smallest absolute Gasteiger partial charge is 0.257 e. The molecule has 4 aromatic rings. The van der Waals surface area contributed by atoms with Gasteiger partial charge < -0.3 is 14.8 Å². The Hall–Kier alpha value is -3.69. The summed E-state index contributed by atoms with van der Waals surface area (Å²) in [5.41, 5.74) is 4.10. The second-order valence-electron chi connectivity index (χ2n) is 7.89. The van der Waals surface area contributed by atoms with Crippen molar-refractivity contribution < 1.29 is 9.47 Å². The second kappa shape index (κ2) is 6.93. The fourth-order valence-corrected chi connectivity index (χ4v) is 3.75. The van der Waals surface area contributed by atoms with Gasteiger partial charge in [-0.15, -0.1) is 5.10 Å². The summed E-state index contributed by atoms with van der Waals surface area (Å²) in [5.74, 6) is 1.55. The zero-order valence-corrected chi connectivity index (χ0v) is 17.4. The first-order valence-corrected chi connectivity index (χ1v) is 10.5. The highest BCUT2D eigenvalue weighted by molar-refractivity contribution is 5.79. The maximum absolute atomic E-state index is 6.06. The van der Waals surface area contributed by atoms with Crippen LogP contribution in [-0.4, -0.2) is 47.2 Å². The van der Waals surface area contributed by atoms with Crippen LogP contribution in [0.5, 0.6) is 11.8 Å². The number of hydrogen-bond donors (Lipinski definition) is 1. The molecule has 0 unspecified atom stereocenters. The number of rotatable bonds is 3. The van der Waals surface area contributed by atoms with E-state index < -0.39 is 0 Å². The van der Waals surface area contributed by atoms with Crippen molar-refractivity contribution in [1.29, 1.82) is 0 Å². The Kier molecular flexibility index (Phi) is 4.05. The van der Waals surface area contributed by atoms with Crippen molar-refractivity contribution in [2.24, 2.45) is 0 Å². The fourth-order valence-electron chi connectivity index (χ4n) is 3.75. The number of pyridine rings is 1. The van der Waals surface area contributed by atoms with Crippen LogP contribution in [0.1, 0.15) is 30.7 Å². The number of aryl methyl sites for hydroxylation is 2. The zero-order valence-electron chi connectivity index (χ0n) is 17.4. The molecule has 31 heavy (non-hydrogen) atoms. The van der Waals surface area contributed by atoms with Crippen molar-refractivity contribution in [3.8, 4) is 17.4 Å². The lowest BCUT2D eigenvalue weighted by atomic mass is 10.3. The van der Waals surface area contributed by atoms with Crippen LogP contribution in [0.15, 0.2) is 24.5 Å². The minimum absolute atomic E-state index is 0.240. The lowest BCUT2D eigenvalue weighted by Gasteiger charge is -2.11. The monoisotopic (exact) mass is 418 g/mol. The fraction of sp³-hybridized carbons (Fsp3) is 0.381. The summed E-state index contributed by atoms with van der Waals surface area (Å²) in [4.78, 5) is 13.6. The van der Waals surface area contributed by atoms with Crippen molar-refractivity contribution in [1.82, 2.24) is 34.5 Å². The summed E-state index contributed by atoms with van der Waals surface area (Å²) in [6.45, 7) is 5.16. The molecule has 1 N–H and O–H groups in total. The molecule has 0 atom stereocenters. The molecule has 1 aliphatic carbocycles. The molecule has 6 rings (SSSR count). The number of hydrogen-bond acceptors (Lipinski definition) is 8. The molecular weight excluding hydrogens is 396 g/mol. The maximum atomic E-state index is 6.06. The molecule has 5 heterocycles.